The van der Waals surface area contributed by atoms with Crippen LogP contribution in [0.5, 0.6) is 5.75 Å². The fourth-order valence-corrected chi connectivity index (χ4v) is 3.42. The maximum absolute atomic E-state index is 12.1. The first-order valence-corrected chi connectivity index (χ1v) is 8.23. The second-order valence-corrected chi connectivity index (χ2v) is 6.18. The summed E-state index contributed by atoms with van der Waals surface area (Å²) in [6, 6.07) is 9.56. The zero-order chi connectivity index (χ0) is 16.2. The molecular formula is C15H10F2N2O2S2. The Morgan fingerprint density at radius 3 is 2.61 bits per heavy atom. The van der Waals surface area contributed by atoms with Gasteiger partial charge >= 0.3 is 6.61 Å². The lowest BCUT2D eigenvalue weighted by molar-refractivity contribution is -0.0498. The van der Waals surface area contributed by atoms with Gasteiger partial charge in [0.1, 0.15) is 16.5 Å². The van der Waals surface area contributed by atoms with Gasteiger partial charge in [-0.1, -0.05) is 6.07 Å². The Morgan fingerprint density at radius 1 is 1.17 bits per heavy atom. The highest BCUT2D eigenvalue weighted by Crippen LogP contribution is 2.28. The number of carbonyl (C=O) groups is 1. The first-order chi connectivity index (χ1) is 11.1. The van der Waals surface area contributed by atoms with Gasteiger partial charge in [0.05, 0.1) is 4.88 Å². The Hall–Kier alpha value is -2.32. The van der Waals surface area contributed by atoms with Crippen LogP contribution >= 0.6 is 22.7 Å². The second kappa shape index (κ2) is 6.84. The third-order valence-corrected chi connectivity index (χ3v) is 4.69. The molecule has 0 aliphatic rings. The van der Waals surface area contributed by atoms with Crippen LogP contribution in [0.15, 0.2) is 47.2 Å². The number of nitrogens with zero attached hydrogens (tertiary/aromatic N) is 1. The van der Waals surface area contributed by atoms with E-state index in [1.54, 1.807) is 16.7 Å². The number of aromatic nitrogens is 1. The molecule has 0 bridgehead atoms. The van der Waals surface area contributed by atoms with Crippen LogP contribution in [-0.2, 0) is 0 Å². The highest BCUT2D eigenvalue weighted by Gasteiger charge is 2.13. The smallest absolute Gasteiger partial charge is 0.387 e. The molecule has 23 heavy (non-hydrogen) atoms. The highest BCUT2D eigenvalue weighted by atomic mass is 32.1. The molecule has 0 unspecified atom stereocenters. The molecule has 118 valence electrons. The van der Waals surface area contributed by atoms with Gasteiger partial charge in [-0.2, -0.15) is 8.78 Å². The molecule has 0 aliphatic carbocycles. The summed E-state index contributed by atoms with van der Waals surface area (Å²) in [5.74, 6) is -0.321. The number of hydrogen-bond donors (Lipinski definition) is 1. The second-order valence-electron chi connectivity index (χ2n) is 4.37. The summed E-state index contributed by atoms with van der Waals surface area (Å²) in [5.41, 5.74) is 0.786. The molecule has 0 spiro atoms. The SMILES string of the molecule is O=C(Nc1ccc(OC(F)F)cc1)c1csc(-c2cccs2)n1. The zero-order valence-corrected chi connectivity index (χ0v) is 13.2. The van der Waals surface area contributed by atoms with Crippen LogP contribution in [0, 0.1) is 0 Å². The lowest BCUT2D eigenvalue weighted by atomic mass is 10.3. The van der Waals surface area contributed by atoms with Crippen molar-refractivity contribution in [2.24, 2.45) is 0 Å². The van der Waals surface area contributed by atoms with Gasteiger partial charge < -0.3 is 10.1 Å². The van der Waals surface area contributed by atoms with Gasteiger partial charge in [0.25, 0.3) is 5.91 Å². The van der Waals surface area contributed by atoms with E-state index in [-0.39, 0.29) is 11.7 Å². The van der Waals surface area contributed by atoms with Crippen molar-refractivity contribution in [1.82, 2.24) is 4.98 Å². The predicted octanol–water partition coefficient (Wildman–Crippen LogP) is 4.73. The van der Waals surface area contributed by atoms with Crippen LogP contribution in [0.25, 0.3) is 9.88 Å². The molecular weight excluding hydrogens is 342 g/mol. The minimum atomic E-state index is -2.87. The van der Waals surface area contributed by atoms with Gasteiger partial charge in [0.15, 0.2) is 0 Å². The number of ether oxygens (including phenoxy) is 1. The molecule has 1 aromatic carbocycles. The zero-order valence-electron chi connectivity index (χ0n) is 11.5. The minimum Gasteiger partial charge on any atom is -0.435 e. The topological polar surface area (TPSA) is 51.2 Å². The number of amides is 1. The molecule has 3 rings (SSSR count). The Morgan fingerprint density at radius 2 is 1.96 bits per heavy atom. The molecule has 2 aromatic heterocycles. The molecule has 0 saturated heterocycles. The van der Waals surface area contributed by atoms with E-state index in [9.17, 15) is 13.6 Å². The van der Waals surface area contributed by atoms with E-state index in [1.165, 1.54) is 35.6 Å². The van der Waals surface area contributed by atoms with Crippen LogP contribution in [0.3, 0.4) is 0 Å². The van der Waals surface area contributed by atoms with Gasteiger partial charge in [-0.05, 0) is 35.7 Å². The Bertz CT molecular complexity index is 786. The molecule has 0 radical (unpaired) electrons. The monoisotopic (exact) mass is 352 g/mol. The number of benzene rings is 1. The largest absolute Gasteiger partial charge is 0.435 e. The van der Waals surface area contributed by atoms with Crippen LogP contribution < -0.4 is 10.1 Å². The van der Waals surface area contributed by atoms with E-state index in [4.69, 9.17) is 0 Å². The van der Waals surface area contributed by atoms with Crippen molar-refractivity contribution in [2.45, 2.75) is 6.61 Å². The fourth-order valence-electron chi connectivity index (χ4n) is 1.81. The van der Waals surface area contributed by atoms with Crippen molar-refractivity contribution in [3.05, 3.63) is 52.9 Å². The average Bonchev–Trinajstić information content (AvgIpc) is 3.19. The standard InChI is InChI=1S/C15H10F2N2O2S2/c16-15(17)21-10-5-3-9(4-6-10)18-13(20)11-8-23-14(19-11)12-2-1-7-22-12/h1-8,15H,(H,18,20). The van der Waals surface area contributed by atoms with E-state index in [2.05, 4.69) is 15.0 Å². The van der Waals surface area contributed by atoms with E-state index < -0.39 is 6.61 Å². The number of hydrogen-bond acceptors (Lipinski definition) is 5. The van der Waals surface area contributed by atoms with E-state index in [0.29, 0.717) is 11.4 Å². The van der Waals surface area contributed by atoms with E-state index in [0.717, 1.165) is 9.88 Å². The molecule has 1 amide bonds. The summed E-state index contributed by atoms with van der Waals surface area (Å²) < 4.78 is 28.4. The average molecular weight is 352 g/mol. The van der Waals surface area contributed by atoms with Crippen molar-refractivity contribution in [3.8, 4) is 15.6 Å². The fraction of sp³-hybridized carbons (Fsp3) is 0.0667. The molecule has 0 saturated carbocycles. The molecule has 4 nitrogen and oxygen atoms in total. The van der Waals surface area contributed by atoms with Gasteiger partial charge in [-0.3, -0.25) is 4.79 Å². The quantitative estimate of drug-likeness (QED) is 0.722. The summed E-state index contributed by atoms with van der Waals surface area (Å²) in [6.07, 6.45) is 0. The summed E-state index contributed by atoms with van der Waals surface area (Å²) in [5, 5.41) is 7.07. The van der Waals surface area contributed by atoms with Crippen molar-refractivity contribution in [3.63, 3.8) is 0 Å². The summed E-state index contributed by atoms with van der Waals surface area (Å²) in [6.45, 7) is -2.87. The van der Waals surface area contributed by atoms with Gasteiger partial charge in [0, 0.05) is 11.1 Å². The maximum Gasteiger partial charge on any atom is 0.387 e. The Balaban J connectivity index is 1.67. The number of halogens is 2. The number of carbonyl (C=O) groups excluding carboxylic acids is 1. The van der Waals surface area contributed by atoms with Crippen molar-refractivity contribution >= 4 is 34.3 Å². The Kier molecular flexibility index (Phi) is 4.63. The van der Waals surface area contributed by atoms with Crippen LogP contribution in [0.4, 0.5) is 14.5 Å². The van der Waals surface area contributed by atoms with Gasteiger partial charge in [-0.25, -0.2) is 4.98 Å². The van der Waals surface area contributed by atoms with Gasteiger partial charge in [0.2, 0.25) is 0 Å². The van der Waals surface area contributed by atoms with Crippen molar-refractivity contribution in [1.29, 1.82) is 0 Å². The van der Waals surface area contributed by atoms with E-state index >= 15 is 0 Å². The van der Waals surface area contributed by atoms with E-state index in [1.807, 2.05) is 17.5 Å². The normalized spacial score (nSPS) is 10.7. The highest BCUT2D eigenvalue weighted by molar-refractivity contribution is 7.20. The molecule has 1 N–H and O–H groups in total. The van der Waals surface area contributed by atoms with Crippen LogP contribution in [0.1, 0.15) is 10.5 Å². The van der Waals surface area contributed by atoms with Crippen molar-refractivity contribution in [2.75, 3.05) is 5.32 Å². The number of thiazole rings is 1. The third kappa shape index (κ3) is 3.91. The third-order valence-electron chi connectivity index (χ3n) is 2.81. The molecule has 3 aromatic rings. The molecule has 2 heterocycles. The van der Waals surface area contributed by atoms with Crippen LogP contribution in [-0.4, -0.2) is 17.5 Å². The van der Waals surface area contributed by atoms with Crippen LogP contribution in [0.2, 0.25) is 0 Å². The Labute approximate surface area is 138 Å². The molecule has 0 atom stereocenters. The molecule has 0 aliphatic heterocycles. The maximum atomic E-state index is 12.1. The lowest BCUT2D eigenvalue weighted by Gasteiger charge is -2.06. The lowest BCUT2D eigenvalue weighted by Crippen LogP contribution is -2.12. The van der Waals surface area contributed by atoms with Gasteiger partial charge in [-0.15, -0.1) is 22.7 Å². The predicted molar refractivity (Wildman–Crippen MR) is 86.5 cm³/mol. The first kappa shape index (κ1) is 15.6. The number of thiophene rings is 1. The minimum absolute atomic E-state index is 0.0339. The summed E-state index contributed by atoms with van der Waals surface area (Å²) in [7, 11) is 0. The summed E-state index contributed by atoms with van der Waals surface area (Å²) in [4.78, 5) is 17.4. The summed E-state index contributed by atoms with van der Waals surface area (Å²) >= 11 is 2.94. The number of rotatable bonds is 5. The number of alkyl halides is 2. The van der Waals surface area contributed by atoms with Crippen molar-refractivity contribution < 1.29 is 18.3 Å². The molecule has 8 heteroatoms. The molecule has 0 fully saturated rings. The number of anilines is 1. The number of nitrogens with one attached hydrogen (secondary N) is 1. The first-order valence-electron chi connectivity index (χ1n) is 6.47.